The van der Waals surface area contributed by atoms with Crippen LogP contribution in [-0.4, -0.2) is 15.0 Å². The van der Waals surface area contributed by atoms with E-state index in [0.717, 1.165) is 73.7 Å². The topological polar surface area (TPSA) is 75.6 Å². The fraction of sp³-hybridized carbons (Fsp3) is 0.103. The van der Waals surface area contributed by atoms with Crippen molar-refractivity contribution in [1.29, 1.82) is 5.26 Å². The van der Waals surface area contributed by atoms with Crippen LogP contribution in [0.25, 0.3) is 101 Å². The molecule has 1 spiro atoms. The zero-order valence-electron chi connectivity index (χ0n) is 34.6. The summed E-state index contributed by atoms with van der Waals surface area (Å²) in [4.78, 5) is 15.2. The Labute approximate surface area is 366 Å². The van der Waals surface area contributed by atoms with Gasteiger partial charge in [-0.15, -0.1) is 0 Å². The van der Waals surface area contributed by atoms with Gasteiger partial charge in [-0.2, -0.15) is 5.26 Å². The summed E-state index contributed by atoms with van der Waals surface area (Å²) in [6.07, 6.45) is 6.02. The molecule has 2 aromatic heterocycles. The first-order valence-electron chi connectivity index (χ1n) is 21.9. The van der Waals surface area contributed by atoms with Gasteiger partial charge in [0, 0.05) is 32.9 Å². The molecule has 0 saturated heterocycles. The first kappa shape index (κ1) is 36.9. The quantitative estimate of drug-likeness (QED) is 0.167. The molecule has 0 atom stereocenters. The van der Waals surface area contributed by atoms with Gasteiger partial charge in [0.05, 0.1) is 11.6 Å². The molecule has 63 heavy (non-hydrogen) atoms. The molecule has 1 fully saturated rings. The highest BCUT2D eigenvalue weighted by atomic mass is 16.3. The van der Waals surface area contributed by atoms with E-state index in [1.807, 2.05) is 36.4 Å². The minimum absolute atomic E-state index is 0.0148. The molecule has 0 bridgehead atoms. The summed E-state index contributed by atoms with van der Waals surface area (Å²) in [7, 11) is 0. The van der Waals surface area contributed by atoms with Gasteiger partial charge >= 0.3 is 0 Å². The first-order chi connectivity index (χ1) is 31.1. The van der Waals surface area contributed by atoms with Crippen molar-refractivity contribution in [3.05, 3.63) is 199 Å². The lowest BCUT2D eigenvalue weighted by atomic mass is 9.67. The molecular formula is C58H40N4O. The third-order valence-corrected chi connectivity index (χ3v) is 13.4. The van der Waals surface area contributed by atoms with Gasteiger partial charge in [0.2, 0.25) is 0 Å². The van der Waals surface area contributed by atoms with E-state index in [1.165, 1.54) is 52.6 Å². The molecule has 5 nitrogen and oxygen atoms in total. The number of furan rings is 1. The van der Waals surface area contributed by atoms with Gasteiger partial charge in [-0.3, -0.25) is 0 Å². The fourth-order valence-electron chi connectivity index (χ4n) is 10.3. The van der Waals surface area contributed by atoms with Gasteiger partial charge in [0.25, 0.3) is 0 Å². The predicted octanol–water partition coefficient (Wildman–Crippen LogP) is 14.9. The monoisotopic (exact) mass is 808 g/mol. The van der Waals surface area contributed by atoms with Crippen LogP contribution in [0.5, 0.6) is 0 Å². The number of hydrogen-bond donors (Lipinski definition) is 0. The maximum absolute atomic E-state index is 9.93. The van der Waals surface area contributed by atoms with Crippen LogP contribution in [-0.2, 0) is 5.41 Å². The van der Waals surface area contributed by atoms with Crippen LogP contribution < -0.4 is 0 Å². The Hall–Kier alpha value is -7.94. The third kappa shape index (κ3) is 6.25. The fourth-order valence-corrected chi connectivity index (χ4v) is 10.3. The number of para-hydroxylation sites is 1. The molecule has 12 rings (SSSR count). The largest absolute Gasteiger partial charge is 0.456 e. The summed E-state index contributed by atoms with van der Waals surface area (Å²) in [6.45, 7) is 0. The Bertz CT molecular complexity index is 3430. The van der Waals surface area contributed by atoms with E-state index in [4.69, 9.17) is 19.4 Å². The lowest BCUT2D eigenvalue weighted by Gasteiger charge is -2.36. The molecular weight excluding hydrogens is 769 g/mol. The van der Waals surface area contributed by atoms with Gasteiger partial charge in [0.15, 0.2) is 17.5 Å². The van der Waals surface area contributed by atoms with Crippen molar-refractivity contribution in [2.24, 2.45) is 0 Å². The van der Waals surface area contributed by atoms with Crippen molar-refractivity contribution in [3.63, 3.8) is 0 Å². The van der Waals surface area contributed by atoms with Crippen LogP contribution in [0.4, 0.5) is 0 Å². The van der Waals surface area contributed by atoms with Crippen molar-refractivity contribution < 1.29 is 4.42 Å². The van der Waals surface area contributed by atoms with Gasteiger partial charge in [-0.1, -0.05) is 165 Å². The maximum Gasteiger partial charge on any atom is 0.164 e. The summed E-state index contributed by atoms with van der Waals surface area (Å²) < 4.78 is 6.28. The van der Waals surface area contributed by atoms with Crippen molar-refractivity contribution in [1.82, 2.24) is 15.0 Å². The number of rotatable bonds is 6. The molecule has 2 heterocycles. The highest BCUT2D eigenvalue weighted by Gasteiger charge is 2.44. The summed E-state index contributed by atoms with van der Waals surface area (Å²) in [5, 5.41) is 12.1. The summed E-state index contributed by atoms with van der Waals surface area (Å²) in [5.74, 6) is 1.78. The molecule has 0 aliphatic heterocycles. The molecule has 0 radical (unpaired) electrons. The van der Waals surface area contributed by atoms with Gasteiger partial charge < -0.3 is 4.42 Å². The van der Waals surface area contributed by atoms with Crippen molar-refractivity contribution in [3.8, 4) is 84.7 Å². The number of hydrogen-bond acceptors (Lipinski definition) is 5. The standard InChI is InChI=1S/C58H40N4O/c59-36-37-19-30-50-49(33-37)54-46(16-10-17-51(54)58(50)31-7-2-8-32-58)44-14-9-13-43(34-44)40-22-26-42(27-23-40)56-60-55(41-24-20-39(21-25-41)38-11-3-1-4-12-38)61-57(62-56)45-28-29-48-47-15-5-6-18-52(47)63-53(48)35-45/h1,3-6,9-30,33-35H,2,7-8,31-32H2. The minimum atomic E-state index is 0.0148. The Morgan fingerprint density at radius 1 is 0.413 bits per heavy atom. The highest BCUT2D eigenvalue weighted by molar-refractivity contribution is 6.05. The SMILES string of the molecule is N#Cc1ccc2c(c1)-c1c(-c3cccc(-c4ccc(-c5nc(-c6ccc(-c7ccccc7)cc6)nc(-c6ccc7c(c6)oc6ccccc67)n5)cc4)c3)cccc1C21CCCCC1. The Kier molecular flexibility index (Phi) is 8.72. The van der Waals surface area contributed by atoms with Crippen LogP contribution in [0.2, 0.25) is 0 Å². The molecule has 10 aromatic rings. The second kappa shape index (κ2) is 14.9. The second-order valence-corrected chi connectivity index (χ2v) is 17.0. The average molecular weight is 809 g/mol. The summed E-state index contributed by atoms with van der Waals surface area (Å²) in [6, 6.07) is 66.1. The van der Waals surface area contributed by atoms with E-state index in [9.17, 15) is 5.26 Å². The van der Waals surface area contributed by atoms with Crippen LogP contribution >= 0.6 is 0 Å². The molecule has 0 amide bonds. The molecule has 298 valence electrons. The molecule has 0 unspecified atom stereocenters. The predicted molar refractivity (Wildman–Crippen MR) is 254 cm³/mol. The first-order valence-corrected chi connectivity index (χ1v) is 21.9. The average Bonchev–Trinajstić information content (AvgIpc) is 3.86. The van der Waals surface area contributed by atoms with Crippen molar-refractivity contribution >= 4 is 21.9 Å². The van der Waals surface area contributed by atoms with E-state index in [1.54, 1.807) is 0 Å². The zero-order chi connectivity index (χ0) is 41.9. The number of benzene rings is 8. The Morgan fingerprint density at radius 2 is 1.00 bits per heavy atom. The molecule has 5 heteroatoms. The van der Waals surface area contributed by atoms with Crippen LogP contribution in [0, 0.1) is 11.3 Å². The van der Waals surface area contributed by atoms with Crippen LogP contribution in [0.15, 0.2) is 186 Å². The lowest BCUT2D eigenvalue weighted by Crippen LogP contribution is -2.28. The van der Waals surface area contributed by atoms with Crippen LogP contribution in [0.3, 0.4) is 0 Å². The second-order valence-electron chi connectivity index (χ2n) is 17.0. The van der Waals surface area contributed by atoms with E-state index < -0.39 is 0 Å². The maximum atomic E-state index is 9.93. The van der Waals surface area contributed by atoms with Crippen LogP contribution in [0.1, 0.15) is 48.8 Å². The van der Waals surface area contributed by atoms with E-state index in [-0.39, 0.29) is 5.41 Å². The highest BCUT2D eigenvalue weighted by Crippen LogP contribution is 2.58. The van der Waals surface area contributed by atoms with E-state index in [2.05, 4.69) is 152 Å². The Balaban J connectivity index is 0.922. The molecule has 0 N–H and O–H groups in total. The minimum Gasteiger partial charge on any atom is -0.456 e. The summed E-state index contributed by atoms with van der Waals surface area (Å²) in [5.41, 5.74) is 17.2. The molecule has 1 saturated carbocycles. The molecule has 2 aliphatic rings. The van der Waals surface area contributed by atoms with Crippen molar-refractivity contribution in [2.75, 3.05) is 0 Å². The normalized spacial score (nSPS) is 13.8. The molecule has 2 aliphatic carbocycles. The molecule has 8 aromatic carbocycles. The number of fused-ring (bicyclic) bond motifs is 8. The van der Waals surface area contributed by atoms with E-state index >= 15 is 0 Å². The van der Waals surface area contributed by atoms with E-state index in [0.29, 0.717) is 23.0 Å². The summed E-state index contributed by atoms with van der Waals surface area (Å²) >= 11 is 0. The number of nitrogens with zero attached hydrogens (tertiary/aromatic N) is 4. The number of aromatic nitrogens is 3. The van der Waals surface area contributed by atoms with Gasteiger partial charge in [0.1, 0.15) is 11.2 Å². The smallest absolute Gasteiger partial charge is 0.164 e. The van der Waals surface area contributed by atoms with Gasteiger partial charge in [-0.25, -0.2) is 15.0 Å². The lowest BCUT2D eigenvalue weighted by molar-refractivity contribution is 0.353. The zero-order valence-corrected chi connectivity index (χ0v) is 34.6. The van der Waals surface area contributed by atoms with Crippen molar-refractivity contribution in [2.45, 2.75) is 37.5 Å². The Morgan fingerprint density at radius 3 is 1.75 bits per heavy atom. The van der Waals surface area contributed by atoms with Gasteiger partial charge in [-0.05, 0) is 105 Å². The third-order valence-electron chi connectivity index (χ3n) is 13.4. The number of nitriles is 1.